The van der Waals surface area contributed by atoms with Gasteiger partial charge in [0.05, 0.1) is 5.56 Å². The maximum atomic E-state index is 12.1. The van der Waals surface area contributed by atoms with Crippen LogP contribution in [0.5, 0.6) is 0 Å². The van der Waals surface area contributed by atoms with Gasteiger partial charge in [-0.3, -0.25) is 4.79 Å². The Morgan fingerprint density at radius 1 is 1.43 bits per heavy atom. The van der Waals surface area contributed by atoms with Crippen LogP contribution in [0.4, 0.5) is 5.00 Å². The second-order valence-corrected chi connectivity index (χ2v) is 7.53. The Morgan fingerprint density at radius 3 is 2.86 bits per heavy atom. The van der Waals surface area contributed by atoms with Crippen LogP contribution < -0.4 is 11.1 Å². The molecule has 0 aliphatic heterocycles. The van der Waals surface area contributed by atoms with Gasteiger partial charge < -0.3 is 11.1 Å². The number of amides is 1. The van der Waals surface area contributed by atoms with Crippen LogP contribution in [0.1, 0.15) is 55.5 Å². The van der Waals surface area contributed by atoms with Crippen molar-refractivity contribution in [3.05, 3.63) is 16.0 Å². The molecule has 1 aromatic heterocycles. The lowest BCUT2D eigenvalue weighted by Crippen LogP contribution is -2.20. The third-order valence-corrected chi connectivity index (χ3v) is 5.34. The lowest BCUT2D eigenvalue weighted by atomic mass is 9.84. The number of fused-ring (bicyclic) bond motifs is 1. The number of carbonyl (C=O) groups excluding carboxylic acids is 1. The maximum Gasteiger partial charge on any atom is 0.225 e. The summed E-state index contributed by atoms with van der Waals surface area (Å²) in [5, 5.41) is 13.0. The molecule has 1 aliphatic carbocycles. The molecular weight excluding hydrogens is 282 g/mol. The number of carbonyl (C=O) groups is 1. The SMILES string of the molecule is CC(C)(CCN)CCC(=O)Nc1sc2c(c1C#N)CCC2. The molecule has 0 fully saturated rings. The number of nitrogens with zero attached hydrogens (tertiary/aromatic N) is 1. The molecule has 5 heteroatoms. The molecule has 4 nitrogen and oxygen atoms in total. The predicted octanol–water partition coefficient (Wildman–Crippen LogP) is 3.20. The highest BCUT2D eigenvalue weighted by atomic mass is 32.1. The van der Waals surface area contributed by atoms with Crippen LogP contribution in [-0.2, 0) is 17.6 Å². The van der Waals surface area contributed by atoms with E-state index in [1.54, 1.807) is 11.3 Å². The largest absolute Gasteiger partial charge is 0.330 e. The highest BCUT2D eigenvalue weighted by Gasteiger charge is 2.24. The lowest BCUT2D eigenvalue weighted by molar-refractivity contribution is -0.116. The number of rotatable bonds is 6. The first-order chi connectivity index (χ1) is 9.96. The Bertz CT molecular complexity index is 569. The average molecular weight is 305 g/mol. The summed E-state index contributed by atoms with van der Waals surface area (Å²) in [7, 11) is 0. The first-order valence-corrected chi connectivity index (χ1v) is 8.33. The summed E-state index contributed by atoms with van der Waals surface area (Å²) < 4.78 is 0. The summed E-state index contributed by atoms with van der Waals surface area (Å²) >= 11 is 1.57. The third kappa shape index (κ3) is 3.84. The molecule has 0 saturated carbocycles. The summed E-state index contributed by atoms with van der Waals surface area (Å²) in [4.78, 5) is 13.4. The molecule has 1 amide bonds. The van der Waals surface area contributed by atoms with E-state index in [2.05, 4.69) is 25.2 Å². The van der Waals surface area contributed by atoms with E-state index in [0.717, 1.165) is 42.7 Å². The Kier molecular flexibility index (Phi) is 5.02. The lowest BCUT2D eigenvalue weighted by Gasteiger charge is -2.23. The average Bonchev–Trinajstić information content (AvgIpc) is 2.96. The fraction of sp³-hybridized carbons (Fsp3) is 0.625. The van der Waals surface area contributed by atoms with Gasteiger partial charge in [0.2, 0.25) is 5.91 Å². The smallest absolute Gasteiger partial charge is 0.225 e. The van der Waals surface area contributed by atoms with Crippen molar-refractivity contribution in [1.29, 1.82) is 5.26 Å². The second-order valence-electron chi connectivity index (χ2n) is 6.42. The molecule has 1 aliphatic rings. The van der Waals surface area contributed by atoms with Gasteiger partial charge in [-0.1, -0.05) is 13.8 Å². The highest BCUT2D eigenvalue weighted by Crippen LogP contribution is 2.38. The molecule has 0 bridgehead atoms. The van der Waals surface area contributed by atoms with Gasteiger partial charge in [0.1, 0.15) is 11.1 Å². The summed E-state index contributed by atoms with van der Waals surface area (Å²) in [6, 6.07) is 2.25. The molecule has 114 valence electrons. The molecular formula is C16H23N3OS. The molecule has 0 saturated heterocycles. The van der Waals surface area contributed by atoms with Crippen molar-refractivity contribution >= 4 is 22.2 Å². The second kappa shape index (κ2) is 6.59. The van der Waals surface area contributed by atoms with Gasteiger partial charge in [0, 0.05) is 11.3 Å². The van der Waals surface area contributed by atoms with Crippen LogP contribution in [0.15, 0.2) is 0 Å². The van der Waals surface area contributed by atoms with Gasteiger partial charge in [-0.25, -0.2) is 0 Å². The molecule has 0 unspecified atom stereocenters. The first kappa shape index (κ1) is 16.0. The minimum Gasteiger partial charge on any atom is -0.330 e. The topological polar surface area (TPSA) is 78.9 Å². The number of nitrogens with one attached hydrogen (secondary N) is 1. The van der Waals surface area contributed by atoms with Crippen LogP contribution in [0.25, 0.3) is 0 Å². The van der Waals surface area contributed by atoms with E-state index < -0.39 is 0 Å². The normalized spacial score (nSPS) is 13.8. The maximum absolute atomic E-state index is 12.1. The van der Waals surface area contributed by atoms with Crippen LogP contribution >= 0.6 is 11.3 Å². The molecule has 0 spiro atoms. The van der Waals surface area contributed by atoms with Crippen molar-refractivity contribution in [3.63, 3.8) is 0 Å². The molecule has 21 heavy (non-hydrogen) atoms. The summed E-state index contributed by atoms with van der Waals surface area (Å²) in [6.07, 6.45) is 5.32. The standard InChI is InChI=1S/C16H23N3OS/c1-16(2,8-9-17)7-6-14(20)19-15-12(10-18)11-4-3-5-13(11)21-15/h3-9,17H2,1-2H3,(H,19,20). The number of aryl methyl sites for hydroxylation is 1. The molecule has 2 rings (SSSR count). The number of thiophene rings is 1. The number of nitriles is 1. The zero-order chi connectivity index (χ0) is 15.5. The third-order valence-electron chi connectivity index (χ3n) is 4.14. The zero-order valence-corrected chi connectivity index (χ0v) is 13.6. The van der Waals surface area contributed by atoms with E-state index in [9.17, 15) is 10.1 Å². The monoisotopic (exact) mass is 305 g/mol. The minimum absolute atomic E-state index is 0.00322. The summed E-state index contributed by atoms with van der Waals surface area (Å²) in [6.45, 7) is 4.91. The van der Waals surface area contributed by atoms with Crippen molar-refractivity contribution in [2.75, 3.05) is 11.9 Å². The highest BCUT2D eigenvalue weighted by molar-refractivity contribution is 7.16. The Morgan fingerprint density at radius 2 is 2.19 bits per heavy atom. The van der Waals surface area contributed by atoms with Crippen molar-refractivity contribution < 1.29 is 4.79 Å². The van der Waals surface area contributed by atoms with Crippen molar-refractivity contribution in [1.82, 2.24) is 0 Å². The minimum atomic E-state index is -0.00322. The fourth-order valence-electron chi connectivity index (χ4n) is 2.77. The number of hydrogen-bond acceptors (Lipinski definition) is 4. The van der Waals surface area contributed by atoms with E-state index in [1.165, 1.54) is 4.88 Å². The van der Waals surface area contributed by atoms with Crippen LogP contribution in [0.2, 0.25) is 0 Å². The van der Waals surface area contributed by atoms with E-state index in [4.69, 9.17) is 5.73 Å². The Balaban J connectivity index is 1.96. The zero-order valence-electron chi connectivity index (χ0n) is 12.8. The van der Waals surface area contributed by atoms with Crippen LogP contribution in [0, 0.1) is 16.7 Å². The fourth-order valence-corrected chi connectivity index (χ4v) is 4.02. The van der Waals surface area contributed by atoms with Gasteiger partial charge >= 0.3 is 0 Å². The molecule has 0 radical (unpaired) electrons. The predicted molar refractivity (Wildman–Crippen MR) is 86.4 cm³/mol. The van der Waals surface area contributed by atoms with Crippen LogP contribution in [0.3, 0.4) is 0 Å². The summed E-state index contributed by atoms with van der Waals surface area (Å²) in [5.74, 6) is -0.00322. The van der Waals surface area contributed by atoms with E-state index >= 15 is 0 Å². The first-order valence-electron chi connectivity index (χ1n) is 7.51. The van der Waals surface area contributed by atoms with Gasteiger partial charge in [-0.05, 0) is 49.6 Å². The molecule has 0 atom stereocenters. The van der Waals surface area contributed by atoms with Crippen molar-refractivity contribution in [2.45, 2.75) is 52.4 Å². The van der Waals surface area contributed by atoms with E-state index in [1.807, 2.05) is 0 Å². The molecule has 1 heterocycles. The number of anilines is 1. The van der Waals surface area contributed by atoms with E-state index in [-0.39, 0.29) is 11.3 Å². The molecule has 0 aromatic carbocycles. The van der Waals surface area contributed by atoms with Gasteiger partial charge in [-0.2, -0.15) is 5.26 Å². The van der Waals surface area contributed by atoms with E-state index in [0.29, 0.717) is 18.5 Å². The van der Waals surface area contributed by atoms with Gasteiger partial charge in [0.25, 0.3) is 0 Å². The summed E-state index contributed by atoms with van der Waals surface area (Å²) in [5.41, 5.74) is 7.51. The Labute approximate surface area is 130 Å². The van der Waals surface area contributed by atoms with Gasteiger partial charge in [0.15, 0.2) is 0 Å². The van der Waals surface area contributed by atoms with Gasteiger partial charge in [-0.15, -0.1) is 11.3 Å². The Hall–Kier alpha value is -1.38. The quantitative estimate of drug-likeness (QED) is 0.847. The van der Waals surface area contributed by atoms with Crippen molar-refractivity contribution in [3.8, 4) is 6.07 Å². The van der Waals surface area contributed by atoms with Crippen LogP contribution in [-0.4, -0.2) is 12.5 Å². The molecule has 3 N–H and O–H groups in total. The number of nitrogens with two attached hydrogens (primary N) is 1. The number of hydrogen-bond donors (Lipinski definition) is 2. The molecule has 1 aromatic rings. The van der Waals surface area contributed by atoms with Crippen molar-refractivity contribution in [2.24, 2.45) is 11.1 Å².